The first-order valence-electron chi connectivity index (χ1n) is 10.8. The van der Waals surface area contributed by atoms with Crippen molar-refractivity contribution in [2.45, 2.75) is 20.3 Å². The molecule has 172 valence electrons. The Kier molecular flexibility index (Phi) is 8.79. The molecule has 8 nitrogen and oxygen atoms in total. The van der Waals surface area contributed by atoms with Gasteiger partial charge in [0.2, 0.25) is 11.9 Å². The van der Waals surface area contributed by atoms with E-state index in [2.05, 4.69) is 39.4 Å². The molecule has 0 unspecified atom stereocenters. The lowest BCUT2D eigenvalue weighted by molar-refractivity contribution is -0.111. The normalized spacial score (nSPS) is 10.4. The standard InChI is InChI=1S/C25H29N5O3/c1-4-12-32-13-14-33-22-11-7-10-21(16-22)29-25-26-17-18(3)24(30-25)28-20-9-6-8-19(15-20)27-23(31)5-2/h5-11,15-17H,2,4,12-14H2,1,3H3,(H,27,31)(H2,26,28,29,30). The van der Waals surface area contributed by atoms with Gasteiger partial charge in [-0.25, -0.2) is 4.98 Å². The van der Waals surface area contributed by atoms with E-state index in [-0.39, 0.29) is 5.91 Å². The molecule has 1 heterocycles. The van der Waals surface area contributed by atoms with Gasteiger partial charge in [0.15, 0.2) is 0 Å². The van der Waals surface area contributed by atoms with Gasteiger partial charge in [0.1, 0.15) is 18.2 Å². The fourth-order valence-corrected chi connectivity index (χ4v) is 2.89. The first-order chi connectivity index (χ1) is 16.1. The molecule has 3 N–H and O–H groups in total. The second kappa shape index (κ2) is 12.2. The highest BCUT2D eigenvalue weighted by Crippen LogP contribution is 2.24. The van der Waals surface area contributed by atoms with Crippen LogP contribution in [0.25, 0.3) is 0 Å². The van der Waals surface area contributed by atoms with E-state index in [1.807, 2.05) is 49.4 Å². The van der Waals surface area contributed by atoms with Crippen LogP contribution in [0, 0.1) is 6.92 Å². The third-order valence-electron chi connectivity index (χ3n) is 4.48. The zero-order valence-electron chi connectivity index (χ0n) is 18.9. The van der Waals surface area contributed by atoms with Crippen molar-refractivity contribution in [1.82, 2.24) is 9.97 Å². The van der Waals surface area contributed by atoms with Crippen LogP contribution in [0.4, 0.5) is 28.8 Å². The number of aryl methyl sites for hydroxylation is 1. The van der Waals surface area contributed by atoms with Crippen molar-refractivity contribution in [3.63, 3.8) is 0 Å². The molecule has 0 aliphatic carbocycles. The fourth-order valence-electron chi connectivity index (χ4n) is 2.89. The zero-order chi connectivity index (χ0) is 23.5. The van der Waals surface area contributed by atoms with E-state index in [9.17, 15) is 4.79 Å². The Morgan fingerprint density at radius 3 is 2.58 bits per heavy atom. The molecule has 33 heavy (non-hydrogen) atoms. The number of rotatable bonds is 12. The van der Waals surface area contributed by atoms with Crippen molar-refractivity contribution in [1.29, 1.82) is 0 Å². The molecule has 2 aromatic carbocycles. The Morgan fingerprint density at radius 2 is 1.79 bits per heavy atom. The topological polar surface area (TPSA) is 97.4 Å². The minimum atomic E-state index is -0.267. The number of hydrogen-bond acceptors (Lipinski definition) is 7. The predicted octanol–water partition coefficient (Wildman–Crippen LogP) is 5.20. The van der Waals surface area contributed by atoms with Gasteiger partial charge in [-0.1, -0.05) is 25.6 Å². The van der Waals surface area contributed by atoms with Crippen molar-refractivity contribution in [3.05, 3.63) is 72.9 Å². The largest absolute Gasteiger partial charge is 0.491 e. The van der Waals surface area contributed by atoms with E-state index >= 15 is 0 Å². The second-order valence-corrected chi connectivity index (χ2v) is 7.24. The highest BCUT2D eigenvalue weighted by molar-refractivity contribution is 5.99. The van der Waals surface area contributed by atoms with Gasteiger partial charge in [-0.2, -0.15) is 4.98 Å². The highest BCUT2D eigenvalue weighted by atomic mass is 16.5. The Balaban J connectivity index is 1.66. The van der Waals surface area contributed by atoms with Gasteiger partial charge in [0.05, 0.1) is 6.61 Å². The summed E-state index contributed by atoms with van der Waals surface area (Å²) in [6, 6.07) is 15.0. The third-order valence-corrected chi connectivity index (χ3v) is 4.48. The van der Waals surface area contributed by atoms with Gasteiger partial charge in [-0.3, -0.25) is 4.79 Å². The maximum atomic E-state index is 11.6. The van der Waals surface area contributed by atoms with Gasteiger partial charge in [-0.15, -0.1) is 0 Å². The average molecular weight is 448 g/mol. The molecule has 0 radical (unpaired) electrons. The van der Waals surface area contributed by atoms with Gasteiger partial charge in [0.25, 0.3) is 0 Å². The summed E-state index contributed by atoms with van der Waals surface area (Å²) in [4.78, 5) is 20.5. The van der Waals surface area contributed by atoms with Crippen LogP contribution in [0.3, 0.4) is 0 Å². The summed E-state index contributed by atoms with van der Waals surface area (Å²) in [6.45, 7) is 9.25. The molecule has 1 amide bonds. The van der Waals surface area contributed by atoms with Crippen LogP contribution in [0.2, 0.25) is 0 Å². The molecule has 1 aromatic heterocycles. The molecule has 0 bridgehead atoms. The molecule has 0 saturated heterocycles. The summed E-state index contributed by atoms with van der Waals surface area (Å²) in [5.74, 6) is 1.57. The quantitative estimate of drug-likeness (QED) is 0.259. The zero-order valence-corrected chi connectivity index (χ0v) is 18.9. The van der Waals surface area contributed by atoms with Crippen LogP contribution in [0.1, 0.15) is 18.9 Å². The molecule has 0 atom stereocenters. The van der Waals surface area contributed by atoms with E-state index in [1.165, 1.54) is 6.08 Å². The van der Waals surface area contributed by atoms with Crippen LogP contribution < -0.4 is 20.7 Å². The van der Waals surface area contributed by atoms with Crippen molar-refractivity contribution in [3.8, 4) is 5.75 Å². The molecule has 0 fully saturated rings. The summed E-state index contributed by atoms with van der Waals surface area (Å²) in [5, 5.41) is 9.24. The number of nitrogens with zero attached hydrogens (tertiary/aromatic N) is 2. The fraction of sp³-hybridized carbons (Fsp3) is 0.240. The summed E-state index contributed by atoms with van der Waals surface area (Å²) in [5.41, 5.74) is 3.13. The molecule has 0 spiro atoms. The van der Waals surface area contributed by atoms with E-state index in [0.717, 1.165) is 35.7 Å². The van der Waals surface area contributed by atoms with Crippen molar-refractivity contribution in [2.24, 2.45) is 0 Å². The highest BCUT2D eigenvalue weighted by Gasteiger charge is 2.07. The lowest BCUT2D eigenvalue weighted by Gasteiger charge is -2.13. The predicted molar refractivity (Wildman–Crippen MR) is 132 cm³/mol. The molecule has 0 aliphatic heterocycles. The molecular formula is C25H29N5O3. The monoisotopic (exact) mass is 447 g/mol. The smallest absolute Gasteiger partial charge is 0.247 e. The Hall–Kier alpha value is -3.91. The molecular weight excluding hydrogens is 418 g/mol. The maximum absolute atomic E-state index is 11.6. The summed E-state index contributed by atoms with van der Waals surface area (Å²) in [6.07, 6.45) is 3.96. The van der Waals surface area contributed by atoms with Crippen LogP contribution >= 0.6 is 0 Å². The van der Waals surface area contributed by atoms with Crippen molar-refractivity contribution in [2.75, 3.05) is 35.8 Å². The van der Waals surface area contributed by atoms with Crippen LogP contribution in [0.5, 0.6) is 5.75 Å². The number of amides is 1. The second-order valence-electron chi connectivity index (χ2n) is 7.24. The van der Waals surface area contributed by atoms with Crippen LogP contribution in [-0.2, 0) is 9.53 Å². The first-order valence-corrected chi connectivity index (χ1v) is 10.8. The first kappa shape index (κ1) is 23.7. The number of hydrogen-bond donors (Lipinski definition) is 3. The van der Waals surface area contributed by atoms with E-state index in [0.29, 0.717) is 30.7 Å². The van der Waals surface area contributed by atoms with Crippen LogP contribution in [-0.4, -0.2) is 35.7 Å². The Bertz CT molecular complexity index is 1090. The number of ether oxygens (including phenoxy) is 2. The SMILES string of the molecule is C=CC(=O)Nc1cccc(Nc2nc(Nc3cccc(OCCOCCC)c3)ncc2C)c1. The molecule has 3 aromatic rings. The summed E-state index contributed by atoms with van der Waals surface area (Å²) >= 11 is 0. The number of carbonyl (C=O) groups excluding carboxylic acids is 1. The minimum Gasteiger partial charge on any atom is -0.491 e. The van der Waals surface area contributed by atoms with Gasteiger partial charge >= 0.3 is 0 Å². The molecule has 0 aliphatic rings. The number of aromatic nitrogens is 2. The maximum Gasteiger partial charge on any atom is 0.247 e. The number of anilines is 5. The van der Waals surface area contributed by atoms with Crippen molar-refractivity contribution < 1.29 is 14.3 Å². The summed E-state index contributed by atoms with van der Waals surface area (Å²) < 4.78 is 11.2. The third kappa shape index (κ3) is 7.62. The lowest BCUT2D eigenvalue weighted by Crippen LogP contribution is -2.08. The molecule has 8 heteroatoms. The average Bonchev–Trinajstić information content (AvgIpc) is 2.81. The van der Waals surface area contributed by atoms with Crippen molar-refractivity contribution >= 4 is 34.7 Å². The molecule has 0 saturated carbocycles. The van der Waals surface area contributed by atoms with E-state index < -0.39 is 0 Å². The Morgan fingerprint density at radius 1 is 1.03 bits per heavy atom. The number of benzene rings is 2. The molecule has 3 rings (SSSR count). The van der Waals surface area contributed by atoms with E-state index in [4.69, 9.17) is 9.47 Å². The van der Waals surface area contributed by atoms with Gasteiger partial charge in [0, 0.05) is 41.5 Å². The Labute approximate surface area is 194 Å². The van der Waals surface area contributed by atoms with Gasteiger partial charge < -0.3 is 25.4 Å². The number of carbonyl (C=O) groups is 1. The summed E-state index contributed by atoms with van der Waals surface area (Å²) in [7, 11) is 0. The van der Waals surface area contributed by atoms with Gasteiger partial charge in [-0.05, 0) is 49.8 Å². The number of nitrogens with one attached hydrogen (secondary N) is 3. The van der Waals surface area contributed by atoms with E-state index in [1.54, 1.807) is 12.3 Å². The lowest BCUT2D eigenvalue weighted by atomic mass is 10.2. The van der Waals surface area contributed by atoms with Crippen LogP contribution in [0.15, 0.2) is 67.4 Å². The minimum absolute atomic E-state index is 0.267.